The minimum Gasteiger partial charge on any atom is -0.494 e. The summed E-state index contributed by atoms with van der Waals surface area (Å²) in [5, 5.41) is 7.45. The van der Waals surface area contributed by atoms with Crippen molar-refractivity contribution in [2.45, 2.75) is 45.4 Å². The van der Waals surface area contributed by atoms with E-state index in [1.807, 2.05) is 0 Å². The predicted octanol–water partition coefficient (Wildman–Crippen LogP) is 8.34. The summed E-state index contributed by atoms with van der Waals surface area (Å²) < 4.78 is 38.9. The maximum Gasteiger partial charge on any atom is 0.343 e. The monoisotopic (exact) mass is 466 g/mol. The fourth-order valence-corrected chi connectivity index (χ4v) is 3.20. The van der Waals surface area contributed by atoms with Gasteiger partial charge in [-0.2, -0.15) is 0 Å². The lowest BCUT2D eigenvalue weighted by Crippen LogP contribution is -2.08. The summed E-state index contributed by atoms with van der Waals surface area (Å²) in [5.74, 6) is -1.22. The van der Waals surface area contributed by atoms with E-state index in [2.05, 4.69) is 17.2 Å². The molecule has 0 radical (unpaired) electrons. The van der Waals surface area contributed by atoms with Crippen LogP contribution in [0.2, 0.25) is 0 Å². The van der Waals surface area contributed by atoms with Gasteiger partial charge in [0.2, 0.25) is 0 Å². The Bertz CT molecular complexity index is 1100. The summed E-state index contributed by atoms with van der Waals surface area (Å²) in [6, 6.07) is 16.2. The lowest BCUT2D eigenvalue weighted by atomic mass is 10.1. The molecule has 0 aliphatic carbocycles. The van der Waals surface area contributed by atoms with E-state index in [4.69, 9.17) is 9.47 Å². The van der Waals surface area contributed by atoms with Gasteiger partial charge in [0, 0.05) is 6.07 Å². The number of esters is 1. The van der Waals surface area contributed by atoms with Gasteiger partial charge in [-0.1, -0.05) is 51.2 Å². The molecule has 3 aromatic carbocycles. The minimum atomic E-state index is -0.746. The number of azo groups is 1. The van der Waals surface area contributed by atoms with Crippen LogP contribution in [0.15, 0.2) is 77.0 Å². The molecular formula is C27H28F2N2O3. The van der Waals surface area contributed by atoms with E-state index in [-0.39, 0.29) is 17.1 Å². The van der Waals surface area contributed by atoms with Crippen molar-refractivity contribution >= 4 is 17.3 Å². The summed E-state index contributed by atoms with van der Waals surface area (Å²) in [7, 11) is 0. The van der Waals surface area contributed by atoms with Crippen LogP contribution in [0.4, 0.5) is 20.2 Å². The molecule has 34 heavy (non-hydrogen) atoms. The third-order valence-corrected chi connectivity index (χ3v) is 5.10. The predicted molar refractivity (Wildman–Crippen MR) is 127 cm³/mol. The summed E-state index contributed by atoms with van der Waals surface area (Å²) in [6.07, 6.45) is 7.12. The molecule has 0 saturated heterocycles. The molecule has 5 nitrogen and oxygen atoms in total. The number of hydrogen-bond acceptors (Lipinski definition) is 5. The molecule has 0 atom stereocenters. The van der Waals surface area contributed by atoms with Crippen molar-refractivity contribution in [2.75, 3.05) is 6.61 Å². The number of rotatable bonds is 12. The molecule has 0 amide bonds. The molecule has 0 bridgehead atoms. The molecule has 0 heterocycles. The van der Waals surface area contributed by atoms with Crippen LogP contribution in [0.1, 0.15) is 55.8 Å². The van der Waals surface area contributed by atoms with Crippen molar-refractivity contribution < 1.29 is 23.0 Å². The highest BCUT2D eigenvalue weighted by Crippen LogP contribution is 2.27. The molecule has 3 rings (SSSR count). The Morgan fingerprint density at radius 2 is 1.41 bits per heavy atom. The van der Waals surface area contributed by atoms with Gasteiger partial charge in [-0.05, 0) is 55.0 Å². The third-order valence-electron chi connectivity index (χ3n) is 5.10. The van der Waals surface area contributed by atoms with Crippen LogP contribution >= 0.6 is 0 Å². The SMILES string of the molecule is CCCCCCCCOc1ccc(C(=O)Oc2ccc(N=Nc3ccccc3F)c(F)c2)cc1. The number of carbonyl (C=O) groups excluding carboxylic acids is 1. The maximum atomic E-state index is 14.3. The molecule has 7 heteroatoms. The number of benzene rings is 3. The van der Waals surface area contributed by atoms with Crippen LogP contribution < -0.4 is 9.47 Å². The highest BCUT2D eigenvalue weighted by Gasteiger charge is 2.11. The Morgan fingerprint density at radius 3 is 2.12 bits per heavy atom. The Labute approximate surface area is 198 Å². The van der Waals surface area contributed by atoms with Gasteiger partial charge in [0.25, 0.3) is 0 Å². The highest BCUT2D eigenvalue weighted by atomic mass is 19.1. The highest BCUT2D eigenvalue weighted by molar-refractivity contribution is 5.91. The van der Waals surface area contributed by atoms with Crippen molar-refractivity contribution in [1.29, 1.82) is 0 Å². The first-order valence-corrected chi connectivity index (χ1v) is 11.5. The van der Waals surface area contributed by atoms with E-state index in [1.54, 1.807) is 30.3 Å². The molecule has 0 aliphatic rings. The fraction of sp³-hybridized carbons (Fsp3) is 0.296. The topological polar surface area (TPSA) is 60.2 Å². The van der Waals surface area contributed by atoms with Crippen LogP contribution in [0.25, 0.3) is 0 Å². The van der Waals surface area contributed by atoms with Crippen LogP contribution in [0.3, 0.4) is 0 Å². The normalized spacial score (nSPS) is 11.0. The molecule has 0 saturated carbocycles. The summed E-state index contributed by atoms with van der Waals surface area (Å²) in [5.41, 5.74) is 0.211. The van der Waals surface area contributed by atoms with Gasteiger partial charge >= 0.3 is 5.97 Å². The second-order valence-corrected chi connectivity index (χ2v) is 7.79. The van der Waals surface area contributed by atoms with Gasteiger partial charge in [-0.3, -0.25) is 0 Å². The number of carbonyl (C=O) groups is 1. The molecule has 0 fully saturated rings. The van der Waals surface area contributed by atoms with Gasteiger partial charge < -0.3 is 9.47 Å². The quantitative estimate of drug-likeness (QED) is 0.117. The maximum absolute atomic E-state index is 14.3. The van der Waals surface area contributed by atoms with Gasteiger partial charge in [-0.15, -0.1) is 10.2 Å². The van der Waals surface area contributed by atoms with E-state index in [0.29, 0.717) is 17.9 Å². The molecule has 0 aliphatic heterocycles. The lowest BCUT2D eigenvalue weighted by Gasteiger charge is -2.08. The minimum absolute atomic E-state index is 0.00296. The summed E-state index contributed by atoms with van der Waals surface area (Å²) in [4.78, 5) is 12.4. The number of halogens is 2. The van der Waals surface area contributed by atoms with Crippen molar-refractivity contribution in [2.24, 2.45) is 10.2 Å². The molecule has 178 valence electrons. The van der Waals surface area contributed by atoms with Crippen molar-refractivity contribution in [3.63, 3.8) is 0 Å². The van der Waals surface area contributed by atoms with Gasteiger partial charge in [0.1, 0.15) is 22.9 Å². The van der Waals surface area contributed by atoms with E-state index in [0.717, 1.165) is 18.9 Å². The van der Waals surface area contributed by atoms with Gasteiger partial charge in [-0.25, -0.2) is 13.6 Å². The Balaban J connectivity index is 1.50. The van der Waals surface area contributed by atoms with Crippen LogP contribution in [0, 0.1) is 11.6 Å². The van der Waals surface area contributed by atoms with Crippen LogP contribution in [0.5, 0.6) is 11.5 Å². The average Bonchev–Trinajstić information content (AvgIpc) is 2.84. The standard InChI is InChI=1S/C27H28F2N2O3/c1-2-3-4-5-6-9-18-33-21-14-12-20(13-15-21)27(32)34-22-16-17-26(24(29)19-22)31-30-25-11-8-7-10-23(25)28/h7-8,10-17,19H,2-6,9,18H2,1H3. The Kier molecular flexibility index (Phi) is 9.70. The van der Waals surface area contributed by atoms with Gasteiger partial charge in [0.15, 0.2) is 11.6 Å². The zero-order valence-corrected chi connectivity index (χ0v) is 19.2. The molecule has 0 unspecified atom stereocenters. The summed E-state index contributed by atoms with van der Waals surface area (Å²) in [6.45, 7) is 2.83. The molecule has 0 aromatic heterocycles. The van der Waals surface area contributed by atoms with Crippen LogP contribution in [-0.4, -0.2) is 12.6 Å². The molecule has 3 aromatic rings. The van der Waals surface area contributed by atoms with E-state index < -0.39 is 17.6 Å². The van der Waals surface area contributed by atoms with E-state index in [1.165, 1.54) is 56.0 Å². The number of ether oxygens (including phenoxy) is 2. The second kappa shape index (κ2) is 13.2. The first kappa shape index (κ1) is 25.0. The number of nitrogens with zero attached hydrogens (tertiary/aromatic N) is 2. The Morgan fingerprint density at radius 1 is 0.765 bits per heavy atom. The number of unbranched alkanes of at least 4 members (excludes halogenated alkanes) is 5. The molecule has 0 spiro atoms. The fourth-order valence-electron chi connectivity index (χ4n) is 3.20. The first-order valence-electron chi connectivity index (χ1n) is 11.5. The number of hydrogen-bond donors (Lipinski definition) is 0. The zero-order valence-electron chi connectivity index (χ0n) is 19.2. The largest absolute Gasteiger partial charge is 0.494 e. The van der Waals surface area contributed by atoms with Gasteiger partial charge in [0.05, 0.1) is 12.2 Å². The van der Waals surface area contributed by atoms with E-state index in [9.17, 15) is 13.6 Å². The summed E-state index contributed by atoms with van der Waals surface area (Å²) >= 11 is 0. The van der Waals surface area contributed by atoms with E-state index >= 15 is 0 Å². The smallest absolute Gasteiger partial charge is 0.343 e. The first-order chi connectivity index (χ1) is 16.6. The zero-order chi connectivity index (χ0) is 24.2. The molecule has 0 N–H and O–H groups in total. The second-order valence-electron chi connectivity index (χ2n) is 7.79. The van der Waals surface area contributed by atoms with Crippen molar-refractivity contribution in [1.82, 2.24) is 0 Å². The van der Waals surface area contributed by atoms with Crippen LogP contribution in [-0.2, 0) is 0 Å². The average molecular weight is 467 g/mol. The lowest BCUT2D eigenvalue weighted by molar-refractivity contribution is 0.0734. The Hall–Kier alpha value is -3.61. The van der Waals surface area contributed by atoms with Crippen molar-refractivity contribution in [3.05, 3.63) is 83.9 Å². The third kappa shape index (κ3) is 7.76. The van der Waals surface area contributed by atoms with Crippen molar-refractivity contribution in [3.8, 4) is 11.5 Å². The molecular weight excluding hydrogens is 438 g/mol.